The number of rotatable bonds is 18. The predicted octanol–water partition coefficient (Wildman–Crippen LogP) is 7.27. The van der Waals surface area contributed by atoms with Crippen molar-refractivity contribution in [1.82, 2.24) is 29.5 Å². The molecule has 3 saturated carbocycles. The van der Waals surface area contributed by atoms with Crippen LogP contribution < -0.4 is 20.5 Å². The van der Waals surface area contributed by atoms with Crippen LogP contribution in [0.15, 0.2) is 35.7 Å². The molecular weight excluding hydrogens is 831 g/mol. The van der Waals surface area contributed by atoms with Crippen LogP contribution in [0.4, 0.5) is 4.79 Å². The predicted molar refractivity (Wildman–Crippen MR) is 238 cm³/mol. The molecule has 3 heterocycles. The van der Waals surface area contributed by atoms with Crippen molar-refractivity contribution in [2.75, 3.05) is 6.54 Å². The van der Waals surface area contributed by atoms with Gasteiger partial charge >= 0.3 is 6.09 Å². The van der Waals surface area contributed by atoms with Crippen LogP contribution in [-0.2, 0) is 29.1 Å². The van der Waals surface area contributed by atoms with E-state index in [-0.39, 0.29) is 30.8 Å². The van der Waals surface area contributed by atoms with E-state index in [1.165, 1.54) is 30.6 Å². The normalized spacial score (nSPS) is 22.9. The number of carbonyl (C=O) groups is 4. The number of hydrogen-bond acceptors (Lipinski definition) is 11. The highest BCUT2D eigenvalue weighted by Crippen LogP contribution is 2.45. The fraction of sp³-hybridized carbons (Fsp3) is 0.644. The first-order valence-corrected chi connectivity index (χ1v) is 24.7. The molecule has 0 unspecified atom stereocenters. The van der Waals surface area contributed by atoms with E-state index in [9.17, 15) is 27.6 Å². The van der Waals surface area contributed by atoms with E-state index in [4.69, 9.17) is 25.2 Å². The molecule has 4 N–H and O–H groups in total. The summed E-state index contributed by atoms with van der Waals surface area (Å²) in [4.78, 5) is 64.3. The quantitative estimate of drug-likeness (QED) is 0.0861. The van der Waals surface area contributed by atoms with Gasteiger partial charge in [-0.1, -0.05) is 43.9 Å². The summed E-state index contributed by atoms with van der Waals surface area (Å²) in [5.74, 6) is -1.35. The summed E-state index contributed by atoms with van der Waals surface area (Å²) in [6.07, 6.45) is 12.6. The van der Waals surface area contributed by atoms with Crippen molar-refractivity contribution < 1.29 is 37.1 Å². The molecule has 4 fully saturated rings. The number of nitrogens with zero attached hydrogens (tertiary/aromatic N) is 4. The Bertz CT molecular complexity index is 2290. The number of allylic oxidation sites excluding steroid dienone is 2. The minimum atomic E-state index is -3.65. The van der Waals surface area contributed by atoms with E-state index in [2.05, 4.69) is 29.3 Å². The minimum absolute atomic E-state index is 0.0155. The third kappa shape index (κ3) is 10.5. The Labute approximate surface area is 369 Å². The number of hydrogen-bond donors (Lipinski definition) is 3. The number of fused-ring (bicyclic) bond motifs is 1. The van der Waals surface area contributed by atoms with Crippen molar-refractivity contribution in [2.45, 2.75) is 166 Å². The standard InChI is InChI=1S/C45H63N7O8S2/c1-27(2)52-35-20-14-18-31(40-47-34(26-61-40)28-15-12-13-16-28)37(35)49-42(52)59-30-24-36(38(46)53)51(25-30)41(55)33(48-43(56)60-44(3,4)5)19-11-9-7-8-10-17-29-23-32(29)39(54)50-62(57,58)45(6)21-22-45/h10,14,17-18,20,26-30,32-33,36H,7-9,11-13,15-16,19,21-25H2,1-6H3,(H2,46,53)(H,48,56)(H,50,54)/b17-10-/t29-,30-,32+,33+,36+/m1/s1. The third-order valence-electron chi connectivity index (χ3n) is 12.6. The molecule has 1 saturated heterocycles. The van der Waals surface area contributed by atoms with Gasteiger partial charge in [-0.15, -0.1) is 11.3 Å². The van der Waals surface area contributed by atoms with Crippen molar-refractivity contribution in [2.24, 2.45) is 17.6 Å². The summed E-state index contributed by atoms with van der Waals surface area (Å²) in [5, 5.41) is 5.85. The molecule has 0 bridgehead atoms. The maximum Gasteiger partial charge on any atom is 0.408 e. The summed E-state index contributed by atoms with van der Waals surface area (Å²) >= 11 is 1.63. The first kappa shape index (κ1) is 45.5. The number of alkyl carbamates (subject to hydrolysis) is 1. The number of para-hydroxylation sites is 1. The molecule has 1 aromatic carbocycles. The molecular formula is C45H63N7O8S2. The molecule has 62 heavy (non-hydrogen) atoms. The van der Waals surface area contributed by atoms with Gasteiger partial charge in [0.05, 0.1) is 22.5 Å². The maximum absolute atomic E-state index is 14.3. The number of benzene rings is 1. The summed E-state index contributed by atoms with van der Waals surface area (Å²) in [6.45, 7) is 11.1. The average molecular weight is 894 g/mol. The van der Waals surface area contributed by atoms with Gasteiger partial charge in [-0.3, -0.25) is 23.7 Å². The smallest absolute Gasteiger partial charge is 0.408 e. The fourth-order valence-electron chi connectivity index (χ4n) is 8.69. The number of nitrogens with one attached hydrogen (secondary N) is 2. The van der Waals surface area contributed by atoms with E-state index < -0.39 is 62.4 Å². The molecule has 17 heteroatoms. The maximum atomic E-state index is 14.3. The van der Waals surface area contributed by atoms with E-state index in [1.807, 2.05) is 34.9 Å². The monoisotopic (exact) mass is 893 g/mol. The van der Waals surface area contributed by atoms with Crippen LogP contribution in [0.3, 0.4) is 0 Å². The Morgan fingerprint density at radius 1 is 1.06 bits per heavy atom. The zero-order valence-electron chi connectivity index (χ0n) is 36.9. The fourth-order valence-corrected chi connectivity index (χ4v) is 10.9. The molecule has 0 spiro atoms. The number of unbranched alkanes of at least 4 members (excludes halogenated alkanes) is 3. The Morgan fingerprint density at radius 3 is 2.48 bits per heavy atom. The zero-order valence-corrected chi connectivity index (χ0v) is 38.5. The van der Waals surface area contributed by atoms with Gasteiger partial charge in [0.2, 0.25) is 27.7 Å². The van der Waals surface area contributed by atoms with Crippen molar-refractivity contribution in [1.29, 1.82) is 0 Å². The van der Waals surface area contributed by atoms with Gasteiger partial charge in [-0.05, 0) is 111 Å². The molecule has 15 nitrogen and oxygen atoms in total. The first-order chi connectivity index (χ1) is 29.3. The van der Waals surface area contributed by atoms with Gasteiger partial charge in [0.15, 0.2) is 0 Å². The van der Waals surface area contributed by atoms with Crippen LogP contribution in [0, 0.1) is 11.8 Å². The number of ether oxygens (including phenoxy) is 2. The van der Waals surface area contributed by atoms with E-state index >= 15 is 0 Å². The number of imidazole rings is 1. The van der Waals surface area contributed by atoms with Crippen LogP contribution in [0.1, 0.15) is 143 Å². The van der Waals surface area contributed by atoms with Crippen LogP contribution in [-0.4, -0.2) is 86.7 Å². The lowest BCUT2D eigenvalue weighted by molar-refractivity contribution is -0.139. The second-order valence-corrected chi connectivity index (χ2v) is 22.2. The molecule has 338 valence electrons. The number of amides is 4. The van der Waals surface area contributed by atoms with Crippen molar-refractivity contribution in [3.63, 3.8) is 0 Å². The van der Waals surface area contributed by atoms with Gasteiger partial charge in [-0.25, -0.2) is 18.2 Å². The van der Waals surface area contributed by atoms with Crippen molar-refractivity contribution in [3.8, 4) is 16.6 Å². The first-order valence-electron chi connectivity index (χ1n) is 22.3. The minimum Gasteiger partial charge on any atom is -0.459 e. The lowest BCUT2D eigenvalue weighted by Gasteiger charge is -2.28. The number of nitrogens with two attached hydrogens (primary N) is 1. The van der Waals surface area contributed by atoms with Gasteiger partial charge in [-0.2, -0.15) is 4.98 Å². The molecule has 3 aromatic rings. The number of carbonyl (C=O) groups excluding carboxylic acids is 4. The van der Waals surface area contributed by atoms with Crippen LogP contribution in [0.25, 0.3) is 21.6 Å². The molecule has 4 aliphatic rings. The van der Waals surface area contributed by atoms with Gasteiger partial charge in [0.25, 0.3) is 6.01 Å². The summed E-state index contributed by atoms with van der Waals surface area (Å²) in [7, 11) is -3.65. The molecule has 0 radical (unpaired) electrons. The second kappa shape index (κ2) is 18.3. The van der Waals surface area contributed by atoms with Gasteiger partial charge < -0.3 is 25.4 Å². The summed E-state index contributed by atoms with van der Waals surface area (Å²) in [5.41, 5.74) is 8.87. The van der Waals surface area contributed by atoms with Gasteiger partial charge in [0, 0.05) is 35.2 Å². The molecule has 7 rings (SSSR count). The SMILES string of the molecule is CC(C)n1c(O[C@@H]2C[C@@H](C(N)=O)N(C(=O)[C@H](CCCCC/C=C\[C@@H]3C[C@@H]3C(=O)NS(=O)(=O)C3(C)CC3)NC(=O)OC(C)(C)C)C2)nc2c(-c3nc(C4CCCC4)cs3)cccc21. The number of thiazole rings is 1. The van der Waals surface area contributed by atoms with E-state index in [0.717, 1.165) is 46.6 Å². The van der Waals surface area contributed by atoms with Crippen molar-refractivity contribution in [3.05, 3.63) is 41.4 Å². The average Bonchev–Trinajstić information content (AvgIpc) is 3.75. The Balaban J connectivity index is 0.983. The van der Waals surface area contributed by atoms with Crippen LogP contribution >= 0.6 is 11.3 Å². The van der Waals surface area contributed by atoms with Gasteiger partial charge in [0.1, 0.15) is 34.3 Å². The van der Waals surface area contributed by atoms with E-state index in [0.29, 0.717) is 44.0 Å². The highest BCUT2D eigenvalue weighted by atomic mass is 32.2. The lowest BCUT2D eigenvalue weighted by Crippen LogP contribution is -2.53. The second-order valence-electron chi connectivity index (χ2n) is 19.2. The number of sulfonamides is 1. The highest BCUT2D eigenvalue weighted by molar-refractivity contribution is 7.91. The zero-order chi connectivity index (χ0) is 44.6. The number of aromatic nitrogens is 3. The number of likely N-dealkylation sites (tertiary alicyclic amines) is 1. The van der Waals surface area contributed by atoms with Crippen molar-refractivity contribution >= 4 is 56.2 Å². The Morgan fingerprint density at radius 2 is 1.81 bits per heavy atom. The lowest BCUT2D eigenvalue weighted by atomic mass is 10.0. The topological polar surface area (TPSA) is 205 Å². The largest absolute Gasteiger partial charge is 0.459 e. The molecule has 5 atom stereocenters. The van der Waals surface area contributed by atoms with E-state index in [1.54, 1.807) is 39.0 Å². The Hall–Kier alpha value is -4.51. The van der Waals surface area contributed by atoms with Crippen LogP contribution in [0.5, 0.6) is 6.01 Å². The molecule has 2 aromatic heterocycles. The molecule has 3 aliphatic carbocycles. The third-order valence-corrected chi connectivity index (χ3v) is 15.7. The van der Waals surface area contributed by atoms with Crippen LogP contribution in [0.2, 0.25) is 0 Å². The molecule has 1 aliphatic heterocycles. The summed E-state index contributed by atoms with van der Waals surface area (Å²) in [6, 6.07) is 4.49. The highest BCUT2D eigenvalue weighted by Gasteiger charge is 2.52. The summed E-state index contributed by atoms with van der Waals surface area (Å²) < 4.78 is 40.5. The number of primary amides is 1. The Kier molecular flexibility index (Phi) is 13.4. The molecule has 4 amide bonds.